The van der Waals surface area contributed by atoms with Crippen molar-refractivity contribution < 1.29 is 14.5 Å². The van der Waals surface area contributed by atoms with E-state index < -0.39 is 10.6 Å². The predicted octanol–water partition coefficient (Wildman–Crippen LogP) is 4.04. The average molecular weight is 483 g/mol. The summed E-state index contributed by atoms with van der Waals surface area (Å²) in [6.07, 6.45) is 1.60. The number of non-ortho nitro benzene ring substituents is 1. The van der Waals surface area contributed by atoms with Gasteiger partial charge in [0, 0.05) is 48.7 Å². The van der Waals surface area contributed by atoms with Gasteiger partial charge in [0.1, 0.15) is 12.2 Å². The highest BCUT2D eigenvalue weighted by atomic mass is 16.6. The lowest BCUT2D eigenvalue weighted by Crippen LogP contribution is -2.41. The first-order valence-electron chi connectivity index (χ1n) is 11.1. The van der Waals surface area contributed by atoms with E-state index in [0.717, 1.165) is 10.9 Å². The van der Waals surface area contributed by atoms with Crippen LogP contribution in [0.3, 0.4) is 0 Å². The van der Waals surface area contributed by atoms with E-state index >= 15 is 0 Å². The fraction of sp³-hybridized carbons (Fsp3) is 0.154. The number of nitro benzene ring substituents is 1. The Balaban J connectivity index is 1.57. The van der Waals surface area contributed by atoms with Crippen molar-refractivity contribution in [2.45, 2.75) is 26.1 Å². The Bertz CT molecular complexity index is 1580. The number of carbonyl (C=O) groups excluding carboxylic acids is 1. The van der Waals surface area contributed by atoms with Crippen molar-refractivity contribution in [3.8, 4) is 11.1 Å². The third-order valence-electron chi connectivity index (χ3n) is 6.07. The maximum Gasteiger partial charge on any atom is 0.269 e. The number of hydrogen-bond acceptors (Lipinski definition) is 7. The Hall–Kier alpha value is -4.86. The fourth-order valence-electron chi connectivity index (χ4n) is 4.32. The van der Waals surface area contributed by atoms with Crippen molar-refractivity contribution in [3.05, 3.63) is 105 Å². The number of nitro groups is 1. The molecule has 5 rings (SSSR count). The third-order valence-corrected chi connectivity index (χ3v) is 6.07. The van der Waals surface area contributed by atoms with Gasteiger partial charge in [0.15, 0.2) is 0 Å². The zero-order chi connectivity index (χ0) is 25.4. The molecular weight excluding hydrogens is 462 g/mol. The number of carbonyl (C=O) groups is 1. The molecule has 2 aromatic carbocycles. The standard InChI is InChI=1S/C26H21N5O5/c1-17(32)30-26(2,20-10-12-21(13-11-20)31(34)35)36-23(28-30)16-29-24-19(9-6-14-27-24)15-22(25(29)33)18-7-4-3-5-8-18/h3-15H,16H2,1-2H3. The molecule has 10 heteroatoms. The van der Waals surface area contributed by atoms with Crippen LogP contribution in [0.1, 0.15) is 19.4 Å². The van der Waals surface area contributed by atoms with Crippen LogP contribution in [0.4, 0.5) is 5.69 Å². The molecule has 0 saturated heterocycles. The van der Waals surface area contributed by atoms with Gasteiger partial charge in [-0.2, -0.15) is 5.01 Å². The van der Waals surface area contributed by atoms with Gasteiger partial charge in [-0.05, 0) is 35.9 Å². The zero-order valence-electron chi connectivity index (χ0n) is 19.5. The first-order chi connectivity index (χ1) is 17.3. The Morgan fingerprint density at radius 1 is 1.08 bits per heavy atom. The molecule has 0 N–H and O–H groups in total. The van der Waals surface area contributed by atoms with E-state index in [0.29, 0.717) is 16.8 Å². The summed E-state index contributed by atoms with van der Waals surface area (Å²) in [6.45, 7) is 2.92. The van der Waals surface area contributed by atoms with E-state index in [1.54, 1.807) is 25.3 Å². The summed E-state index contributed by atoms with van der Waals surface area (Å²) in [6, 6.07) is 20.5. The molecule has 0 aliphatic carbocycles. The molecule has 36 heavy (non-hydrogen) atoms. The van der Waals surface area contributed by atoms with Gasteiger partial charge >= 0.3 is 0 Å². The van der Waals surface area contributed by atoms with Crippen LogP contribution in [0.15, 0.2) is 88.9 Å². The number of benzene rings is 2. The Morgan fingerprint density at radius 3 is 2.47 bits per heavy atom. The van der Waals surface area contributed by atoms with Crippen molar-refractivity contribution in [2.24, 2.45) is 5.10 Å². The molecule has 3 heterocycles. The largest absolute Gasteiger partial charge is 0.446 e. The highest BCUT2D eigenvalue weighted by Crippen LogP contribution is 2.36. The highest BCUT2D eigenvalue weighted by Gasteiger charge is 2.45. The molecule has 0 bridgehead atoms. The predicted molar refractivity (Wildman–Crippen MR) is 133 cm³/mol. The van der Waals surface area contributed by atoms with E-state index in [-0.39, 0.29) is 29.6 Å². The average Bonchev–Trinajstić information content (AvgIpc) is 3.23. The number of fused-ring (bicyclic) bond motifs is 1. The van der Waals surface area contributed by atoms with Gasteiger partial charge in [0.2, 0.25) is 17.5 Å². The van der Waals surface area contributed by atoms with Crippen LogP contribution >= 0.6 is 0 Å². The molecular formula is C26H21N5O5. The monoisotopic (exact) mass is 483 g/mol. The molecule has 1 atom stereocenters. The summed E-state index contributed by atoms with van der Waals surface area (Å²) >= 11 is 0. The molecule has 180 valence electrons. The second kappa shape index (κ2) is 8.73. The molecule has 0 saturated carbocycles. The molecule has 1 aliphatic heterocycles. The molecule has 10 nitrogen and oxygen atoms in total. The van der Waals surface area contributed by atoms with Crippen molar-refractivity contribution >= 4 is 28.5 Å². The highest BCUT2D eigenvalue weighted by molar-refractivity contribution is 5.86. The van der Waals surface area contributed by atoms with Crippen LogP contribution in [0.2, 0.25) is 0 Å². The minimum absolute atomic E-state index is 0.0701. The molecule has 1 amide bonds. The van der Waals surface area contributed by atoms with E-state index in [4.69, 9.17) is 4.74 Å². The Morgan fingerprint density at radius 2 is 1.81 bits per heavy atom. The van der Waals surface area contributed by atoms with Gasteiger partial charge in [-0.3, -0.25) is 24.3 Å². The molecule has 1 unspecified atom stereocenters. The number of amides is 1. The summed E-state index contributed by atoms with van der Waals surface area (Å²) in [5, 5.41) is 17.4. The molecule has 0 radical (unpaired) electrons. The quantitative estimate of drug-likeness (QED) is 0.312. The van der Waals surface area contributed by atoms with E-state index in [1.807, 2.05) is 36.4 Å². The summed E-state index contributed by atoms with van der Waals surface area (Å²) in [4.78, 5) is 41.0. The van der Waals surface area contributed by atoms with Crippen molar-refractivity contribution in [1.82, 2.24) is 14.6 Å². The number of aromatic nitrogens is 2. The molecule has 1 aliphatic rings. The first kappa shape index (κ1) is 22.9. The zero-order valence-corrected chi connectivity index (χ0v) is 19.5. The number of hydrogen-bond donors (Lipinski definition) is 0. The van der Waals surface area contributed by atoms with E-state index in [2.05, 4.69) is 10.1 Å². The van der Waals surface area contributed by atoms with Gasteiger partial charge < -0.3 is 4.74 Å². The number of pyridine rings is 2. The lowest BCUT2D eigenvalue weighted by atomic mass is 10.0. The van der Waals surface area contributed by atoms with E-state index in [9.17, 15) is 19.7 Å². The summed E-state index contributed by atoms with van der Waals surface area (Å²) in [7, 11) is 0. The maximum absolute atomic E-state index is 13.6. The second-order valence-electron chi connectivity index (χ2n) is 8.45. The normalized spacial score (nSPS) is 17.1. The lowest BCUT2D eigenvalue weighted by molar-refractivity contribution is -0.384. The molecule has 0 fully saturated rings. The first-order valence-corrected chi connectivity index (χ1v) is 11.1. The fourth-order valence-corrected chi connectivity index (χ4v) is 4.32. The number of rotatable bonds is 5. The van der Waals surface area contributed by atoms with Crippen molar-refractivity contribution in [2.75, 3.05) is 0 Å². The summed E-state index contributed by atoms with van der Waals surface area (Å²) in [5.41, 5.74) is 0.491. The van der Waals surface area contributed by atoms with Gasteiger partial charge in [0.25, 0.3) is 11.2 Å². The summed E-state index contributed by atoms with van der Waals surface area (Å²) < 4.78 is 7.63. The molecule has 4 aromatic rings. The topological polar surface area (TPSA) is 120 Å². The summed E-state index contributed by atoms with van der Waals surface area (Å²) in [5.74, 6) is -0.260. The lowest BCUT2D eigenvalue weighted by Gasteiger charge is -2.31. The van der Waals surface area contributed by atoms with Gasteiger partial charge in [-0.15, -0.1) is 5.10 Å². The van der Waals surface area contributed by atoms with Crippen molar-refractivity contribution in [3.63, 3.8) is 0 Å². The minimum Gasteiger partial charge on any atom is -0.446 e. The number of ether oxygens (including phenoxy) is 1. The maximum atomic E-state index is 13.6. The SMILES string of the molecule is CC(=O)N1N=C(Cn2c(=O)c(-c3ccccc3)cc3cccnc32)OC1(C)c1ccc([N+](=O)[O-])cc1. The van der Waals surface area contributed by atoms with Gasteiger partial charge in [-0.1, -0.05) is 30.3 Å². The van der Waals surface area contributed by atoms with Crippen LogP contribution in [0.25, 0.3) is 22.2 Å². The second-order valence-corrected chi connectivity index (χ2v) is 8.45. The van der Waals surface area contributed by atoms with E-state index in [1.165, 1.54) is 40.8 Å². The smallest absolute Gasteiger partial charge is 0.269 e. The number of nitrogens with zero attached hydrogens (tertiary/aromatic N) is 5. The van der Waals surface area contributed by atoms with Crippen LogP contribution in [0, 0.1) is 10.1 Å². The molecule has 2 aromatic heterocycles. The van der Waals surface area contributed by atoms with Crippen LogP contribution in [0.5, 0.6) is 0 Å². The third kappa shape index (κ3) is 3.88. The Kier molecular flexibility index (Phi) is 5.56. The van der Waals surface area contributed by atoms with Gasteiger partial charge in [0.05, 0.1) is 4.92 Å². The van der Waals surface area contributed by atoms with Gasteiger partial charge in [-0.25, -0.2) is 4.98 Å². The van der Waals surface area contributed by atoms with Crippen LogP contribution in [-0.4, -0.2) is 31.3 Å². The minimum atomic E-state index is -1.35. The number of hydrazone groups is 1. The van der Waals surface area contributed by atoms with Crippen LogP contribution < -0.4 is 5.56 Å². The molecule has 0 spiro atoms. The van der Waals surface area contributed by atoms with Crippen molar-refractivity contribution in [1.29, 1.82) is 0 Å². The van der Waals surface area contributed by atoms with Crippen LogP contribution in [-0.2, 0) is 21.8 Å². The Labute approximate surface area is 205 Å².